The number of hydrogen-bond acceptors (Lipinski definition) is 4. The second-order valence-corrected chi connectivity index (χ2v) is 5.90. The molecule has 122 valence electrons. The summed E-state index contributed by atoms with van der Waals surface area (Å²) < 4.78 is 7.41. The standard InChI is InChI=1S/C17H22N4O2/c1-3-21-12(2)15(9-19-21)17(22)20-16-11-23-10-14(16)8-13-4-6-18-7-5-13/h4-7,9,14,16H,3,8,10-11H2,1-2H3,(H,20,22)/t14-,16-/m1/s1. The summed E-state index contributed by atoms with van der Waals surface area (Å²) >= 11 is 0. The summed E-state index contributed by atoms with van der Waals surface area (Å²) in [5.41, 5.74) is 2.75. The topological polar surface area (TPSA) is 69.0 Å². The SMILES string of the molecule is CCn1ncc(C(=O)N[C@@H]2COC[C@H]2Cc2ccncc2)c1C. The van der Waals surface area contributed by atoms with Crippen molar-refractivity contribution in [3.05, 3.63) is 47.5 Å². The summed E-state index contributed by atoms with van der Waals surface area (Å²) in [5, 5.41) is 7.35. The first-order valence-electron chi connectivity index (χ1n) is 7.99. The van der Waals surface area contributed by atoms with Crippen molar-refractivity contribution in [1.82, 2.24) is 20.1 Å². The third-order valence-electron chi connectivity index (χ3n) is 4.41. The lowest BCUT2D eigenvalue weighted by Crippen LogP contribution is -2.40. The van der Waals surface area contributed by atoms with Crippen LogP contribution in [0.3, 0.4) is 0 Å². The average molecular weight is 314 g/mol. The molecule has 1 amide bonds. The van der Waals surface area contributed by atoms with Gasteiger partial charge in [-0.05, 0) is 38.0 Å². The van der Waals surface area contributed by atoms with Gasteiger partial charge in [0, 0.05) is 30.6 Å². The molecule has 1 aliphatic rings. The van der Waals surface area contributed by atoms with Crippen LogP contribution in [0.1, 0.15) is 28.5 Å². The van der Waals surface area contributed by atoms with Gasteiger partial charge in [0.1, 0.15) is 0 Å². The van der Waals surface area contributed by atoms with Gasteiger partial charge in [0.15, 0.2) is 0 Å². The fourth-order valence-corrected chi connectivity index (χ4v) is 3.02. The van der Waals surface area contributed by atoms with Crippen molar-refractivity contribution in [2.45, 2.75) is 32.9 Å². The van der Waals surface area contributed by atoms with Crippen molar-refractivity contribution in [2.75, 3.05) is 13.2 Å². The highest BCUT2D eigenvalue weighted by molar-refractivity contribution is 5.95. The molecule has 2 aromatic rings. The second-order valence-electron chi connectivity index (χ2n) is 5.90. The molecule has 2 atom stereocenters. The minimum Gasteiger partial charge on any atom is -0.379 e. The van der Waals surface area contributed by atoms with E-state index in [1.165, 1.54) is 5.56 Å². The molecule has 0 unspecified atom stereocenters. The molecular weight excluding hydrogens is 292 g/mol. The van der Waals surface area contributed by atoms with Crippen LogP contribution in [0, 0.1) is 12.8 Å². The second kappa shape index (κ2) is 6.91. The van der Waals surface area contributed by atoms with Crippen LogP contribution in [0.5, 0.6) is 0 Å². The molecule has 3 heterocycles. The van der Waals surface area contributed by atoms with E-state index >= 15 is 0 Å². The highest BCUT2D eigenvalue weighted by Gasteiger charge is 2.30. The molecule has 1 fully saturated rings. The first-order chi connectivity index (χ1) is 11.2. The van der Waals surface area contributed by atoms with Crippen molar-refractivity contribution in [1.29, 1.82) is 0 Å². The summed E-state index contributed by atoms with van der Waals surface area (Å²) in [6.07, 6.45) is 6.10. The lowest BCUT2D eigenvalue weighted by molar-refractivity contribution is 0.0924. The van der Waals surface area contributed by atoms with E-state index < -0.39 is 0 Å². The number of nitrogens with one attached hydrogen (secondary N) is 1. The fourth-order valence-electron chi connectivity index (χ4n) is 3.02. The molecule has 0 aliphatic carbocycles. The van der Waals surface area contributed by atoms with Crippen molar-refractivity contribution < 1.29 is 9.53 Å². The summed E-state index contributed by atoms with van der Waals surface area (Å²) in [4.78, 5) is 16.6. The number of carbonyl (C=O) groups is 1. The van der Waals surface area contributed by atoms with Gasteiger partial charge in [0.2, 0.25) is 0 Å². The zero-order chi connectivity index (χ0) is 16.2. The van der Waals surface area contributed by atoms with E-state index in [9.17, 15) is 4.79 Å². The van der Waals surface area contributed by atoms with Crippen LogP contribution in [0.2, 0.25) is 0 Å². The minimum atomic E-state index is -0.0718. The van der Waals surface area contributed by atoms with Crippen LogP contribution >= 0.6 is 0 Å². The molecule has 23 heavy (non-hydrogen) atoms. The van der Waals surface area contributed by atoms with Gasteiger partial charge in [-0.25, -0.2) is 0 Å². The van der Waals surface area contributed by atoms with Crippen molar-refractivity contribution in [3.63, 3.8) is 0 Å². The number of pyridine rings is 1. The number of nitrogens with zero attached hydrogens (tertiary/aromatic N) is 3. The average Bonchev–Trinajstić information content (AvgIpc) is 3.15. The van der Waals surface area contributed by atoms with Crippen LogP contribution in [-0.2, 0) is 17.7 Å². The van der Waals surface area contributed by atoms with Crippen LogP contribution in [0.4, 0.5) is 0 Å². The van der Waals surface area contributed by atoms with Crippen molar-refractivity contribution >= 4 is 5.91 Å². The van der Waals surface area contributed by atoms with Gasteiger partial charge in [-0.1, -0.05) is 0 Å². The lowest BCUT2D eigenvalue weighted by Gasteiger charge is -2.19. The van der Waals surface area contributed by atoms with E-state index in [0.717, 1.165) is 18.7 Å². The Bertz CT molecular complexity index is 668. The van der Waals surface area contributed by atoms with Gasteiger partial charge in [-0.3, -0.25) is 14.5 Å². The van der Waals surface area contributed by atoms with E-state index in [-0.39, 0.29) is 17.9 Å². The molecule has 1 saturated heterocycles. The molecule has 6 heteroatoms. The van der Waals surface area contributed by atoms with E-state index in [4.69, 9.17) is 4.74 Å². The Kier molecular flexibility index (Phi) is 4.71. The molecule has 3 rings (SSSR count). The fraction of sp³-hybridized carbons (Fsp3) is 0.471. The number of hydrogen-bond donors (Lipinski definition) is 1. The number of rotatable bonds is 5. The maximum Gasteiger partial charge on any atom is 0.255 e. The van der Waals surface area contributed by atoms with E-state index in [1.54, 1.807) is 18.6 Å². The predicted molar refractivity (Wildman–Crippen MR) is 86.1 cm³/mol. The molecule has 6 nitrogen and oxygen atoms in total. The number of carbonyl (C=O) groups excluding carboxylic acids is 1. The number of aryl methyl sites for hydroxylation is 1. The monoisotopic (exact) mass is 314 g/mol. The number of ether oxygens (including phenoxy) is 1. The van der Waals surface area contributed by atoms with Gasteiger partial charge in [-0.2, -0.15) is 5.10 Å². The molecule has 0 saturated carbocycles. The highest BCUT2D eigenvalue weighted by Crippen LogP contribution is 2.20. The Balaban J connectivity index is 1.66. The maximum absolute atomic E-state index is 12.5. The molecular formula is C17H22N4O2. The van der Waals surface area contributed by atoms with Crippen LogP contribution in [-0.4, -0.2) is 39.9 Å². The molecule has 1 aliphatic heterocycles. The summed E-state index contributed by atoms with van der Waals surface area (Å²) in [7, 11) is 0. The van der Waals surface area contributed by atoms with Gasteiger partial charge in [0.25, 0.3) is 5.91 Å². The molecule has 1 N–H and O–H groups in total. The Labute approximate surface area is 135 Å². The third kappa shape index (κ3) is 3.42. The van der Waals surface area contributed by atoms with Crippen molar-refractivity contribution in [2.24, 2.45) is 5.92 Å². The normalized spacial score (nSPS) is 20.6. The molecule has 0 bridgehead atoms. The first kappa shape index (κ1) is 15.7. The van der Waals surface area contributed by atoms with Crippen molar-refractivity contribution in [3.8, 4) is 0 Å². The lowest BCUT2D eigenvalue weighted by atomic mass is 9.95. The Morgan fingerprint density at radius 3 is 2.87 bits per heavy atom. The Morgan fingerprint density at radius 2 is 2.17 bits per heavy atom. The smallest absolute Gasteiger partial charge is 0.255 e. The Morgan fingerprint density at radius 1 is 1.39 bits per heavy atom. The molecule has 0 radical (unpaired) electrons. The molecule has 0 spiro atoms. The Hall–Kier alpha value is -2.21. The van der Waals surface area contributed by atoms with E-state index in [0.29, 0.717) is 18.8 Å². The largest absolute Gasteiger partial charge is 0.379 e. The summed E-state index contributed by atoms with van der Waals surface area (Å²) in [5.74, 6) is 0.209. The van der Waals surface area contributed by atoms with E-state index in [2.05, 4.69) is 15.4 Å². The zero-order valence-corrected chi connectivity index (χ0v) is 13.5. The van der Waals surface area contributed by atoms with Crippen LogP contribution in [0.25, 0.3) is 0 Å². The molecule has 0 aromatic carbocycles. The number of aromatic nitrogens is 3. The van der Waals surface area contributed by atoms with Gasteiger partial charge < -0.3 is 10.1 Å². The van der Waals surface area contributed by atoms with Gasteiger partial charge >= 0.3 is 0 Å². The number of amides is 1. The minimum absolute atomic E-state index is 0.0278. The summed E-state index contributed by atoms with van der Waals surface area (Å²) in [6, 6.07) is 4.04. The predicted octanol–water partition coefficient (Wildman–Crippen LogP) is 1.59. The van der Waals surface area contributed by atoms with E-state index in [1.807, 2.05) is 30.7 Å². The quantitative estimate of drug-likeness (QED) is 0.910. The maximum atomic E-state index is 12.5. The molecule has 2 aromatic heterocycles. The van der Waals surface area contributed by atoms with Crippen LogP contribution < -0.4 is 5.32 Å². The zero-order valence-electron chi connectivity index (χ0n) is 13.5. The summed E-state index contributed by atoms with van der Waals surface area (Å²) in [6.45, 7) is 5.92. The highest BCUT2D eigenvalue weighted by atomic mass is 16.5. The third-order valence-corrected chi connectivity index (χ3v) is 4.41. The van der Waals surface area contributed by atoms with Gasteiger partial charge in [0.05, 0.1) is 31.0 Å². The van der Waals surface area contributed by atoms with Crippen LogP contribution in [0.15, 0.2) is 30.7 Å². The first-order valence-corrected chi connectivity index (χ1v) is 7.99. The van der Waals surface area contributed by atoms with Gasteiger partial charge in [-0.15, -0.1) is 0 Å².